The van der Waals surface area contributed by atoms with E-state index in [0.717, 1.165) is 11.1 Å². The standard InChI is InChI=1S/C28H31FN2O3/c1-20(2)30-28(33)25(17-22-12-5-4-6-13-22)31(18-23-14-8-9-15-24(23)29)27(32)19-34-26-16-10-7-11-21(26)3/h4-16,20,25H,17-19H2,1-3H3,(H,30,33). The molecule has 3 aromatic carbocycles. The summed E-state index contributed by atoms with van der Waals surface area (Å²) in [5.41, 5.74) is 2.13. The van der Waals surface area contributed by atoms with Gasteiger partial charge in [0.2, 0.25) is 5.91 Å². The fourth-order valence-electron chi connectivity index (χ4n) is 3.69. The van der Waals surface area contributed by atoms with Crippen LogP contribution in [0.5, 0.6) is 5.75 Å². The Balaban J connectivity index is 1.93. The van der Waals surface area contributed by atoms with Crippen LogP contribution in [0.25, 0.3) is 0 Å². The maximum absolute atomic E-state index is 14.5. The lowest BCUT2D eigenvalue weighted by molar-refractivity contribution is -0.143. The molecule has 5 nitrogen and oxygen atoms in total. The van der Waals surface area contributed by atoms with E-state index in [-0.39, 0.29) is 25.1 Å². The van der Waals surface area contributed by atoms with Gasteiger partial charge in [-0.2, -0.15) is 0 Å². The highest BCUT2D eigenvalue weighted by molar-refractivity contribution is 5.88. The van der Waals surface area contributed by atoms with Crippen LogP contribution in [0.2, 0.25) is 0 Å². The van der Waals surface area contributed by atoms with E-state index in [9.17, 15) is 14.0 Å². The number of benzene rings is 3. The van der Waals surface area contributed by atoms with Crippen LogP contribution in [0, 0.1) is 12.7 Å². The van der Waals surface area contributed by atoms with Crippen molar-refractivity contribution in [3.63, 3.8) is 0 Å². The summed E-state index contributed by atoms with van der Waals surface area (Å²) >= 11 is 0. The highest BCUT2D eigenvalue weighted by atomic mass is 19.1. The predicted octanol–water partition coefficient (Wildman–Crippen LogP) is 4.68. The molecular formula is C28H31FN2O3. The average molecular weight is 463 g/mol. The Hall–Kier alpha value is -3.67. The fourth-order valence-corrected chi connectivity index (χ4v) is 3.69. The number of halogens is 1. The number of nitrogens with zero attached hydrogens (tertiary/aromatic N) is 1. The molecule has 0 aliphatic carbocycles. The molecule has 0 radical (unpaired) electrons. The summed E-state index contributed by atoms with van der Waals surface area (Å²) in [6.45, 7) is 5.31. The second-order valence-corrected chi connectivity index (χ2v) is 8.54. The number of hydrogen-bond donors (Lipinski definition) is 1. The second kappa shape index (κ2) is 12.0. The van der Waals surface area contributed by atoms with E-state index in [1.54, 1.807) is 24.3 Å². The minimum Gasteiger partial charge on any atom is -0.484 e. The summed E-state index contributed by atoms with van der Waals surface area (Å²) < 4.78 is 20.3. The van der Waals surface area contributed by atoms with Crippen molar-refractivity contribution in [3.05, 3.63) is 101 Å². The topological polar surface area (TPSA) is 58.6 Å². The summed E-state index contributed by atoms with van der Waals surface area (Å²) in [5, 5.41) is 2.91. The molecule has 0 bridgehead atoms. The zero-order chi connectivity index (χ0) is 24.5. The van der Waals surface area contributed by atoms with Gasteiger partial charge < -0.3 is 15.0 Å². The number of aryl methyl sites for hydroxylation is 1. The van der Waals surface area contributed by atoms with Gasteiger partial charge in [-0.3, -0.25) is 9.59 Å². The van der Waals surface area contributed by atoms with Crippen LogP contribution in [0.1, 0.15) is 30.5 Å². The van der Waals surface area contributed by atoms with E-state index in [1.165, 1.54) is 11.0 Å². The molecule has 0 aliphatic rings. The Kier molecular flexibility index (Phi) is 8.79. The quantitative estimate of drug-likeness (QED) is 0.476. The van der Waals surface area contributed by atoms with Crippen LogP contribution in [-0.4, -0.2) is 35.4 Å². The van der Waals surface area contributed by atoms with Gasteiger partial charge >= 0.3 is 0 Å². The fraction of sp³-hybridized carbons (Fsp3) is 0.286. The van der Waals surface area contributed by atoms with E-state index < -0.39 is 17.8 Å². The normalized spacial score (nSPS) is 11.7. The Morgan fingerprint density at radius 3 is 2.26 bits per heavy atom. The van der Waals surface area contributed by atoms with Crippen LogP contribution < -0.4 is 10.1 Å². The molecule has 178 valence electrons. The van der Waals surface area contributed by atoms with Gasteiger partial charge in [-0.15, -0.1) is 0 Å². The van der Waals surface area contributed by atoms with Crippen molar-refractivity contribution >= 4 is 11.8 Å². The number of carbonyl (C=O) groups is 2. The van der Waals surface area contributed by atoms with Gasteiger partial charge in [0.15, 0.2) is 6.61 Å². The molecule has 1 N–H and O–H groups in total. The Morgan fingerprint density at radius 1 is 0.941 bits per heavy atom. The van der Waals surface area contributed by atoms with Gasteiger partial charge in [-0.05, 0) is 44.0 Å². The Morgan fingerprint density at radius 2 is 1.59 bits per heavy atom. The van der Waals surface area contributed by atoms with E-state index >= 15 is 0 Å². The maximum atomic E-state index is 14.5. The molecular weight excluding hydrogens is 431 g/mol. The predicted molar refractivity (Wildman–Crippen MR) is 131 cm³/mol. The summed E-state index contributed by atoms with van der Waals surface area (Å²) in [5.74, 6) is -0.526. The molecule has 0 aromatic heterocycles. The van der Waals surface area contributed by atoms with Gasteiger partial charge in [0.05, 0.1) is 0 Å². The van der Waals surface area contributed by atoms with Crippen LogP contribution in [-0.2, 0) is 22.6 Å². The zero-order valence-corrected chi connectivity index (χ0v) is 19.8. The largest absolute Gasteiger partial charge is 0.484 e. The number of ether oxygens (including phenoxy) is 1. The van der Waals surface area contributed by atoms with Crippen LogP contribution in [0.15, 0.2) is 78.9 Å². The third-order valence-corrected chi connectivity index (χ3v) is 5.45. The molecule has 6 heteroatoms. The molecule has 0 aliphatic heterocycles. The summed E-state index contributed by atoms with van der Waals surface area (Å²) in [7, 11) is 0. The molecule has 0 spiro atoms. The zero-order valence-electron chi connectivity index (χ0n) is 19.8. The molecule has 2 amide bonds. The summed E-state index contributed by atoms with van der Waals surface area (Å²) in [4.78, 5) is 28.1. The molecule has 0 saturated carbocycles. The molecule has 1 unspecified atom stereocenters. The molecule has 0 saturated heterocycles. The van der Waals surface area contributed by atoms with Crippen molar-refractivity contribution in [2.45, 2.75) is 45.8 Å². The third kappa shape index (κ3) is 6.91. The maximum Gasteiger partial charge on any atom is 0.261 e. The first-order valence-electron chi connectivity index (χ1n) is 11.4. The van der Waals surface area contributed by atoms with Gasteiger partial charge in [-0.25, -0.2) is 4.39 Å². The molecule has 34 heavy (non-hydrogen) atoms. The van der Waals surface area contributed by atoms with Crippen LogP contribution >= 0.6 is 0 Å². The van der Waals surface area contributed by atoms with Gasteiger partial charge in [0.25, 0.3) is 5.91 Å². The van der Waals surface area contributed by atoms with Gasteiger partial charge in [0.1, 0.15) is 17.6 Å². The minimum absolute atomic E-state index is 0.0499. The smallest absolute Gasteiger partial charge is 0.261 e. The number of hydrogen-bond acceptors (Lipinski definition) is 3. The monoisotopic (exact) mass is 462 g/mol. The lowest BCUT2D eigenvalue weighted by Gasteiger charge is -2.32. The molecule has 3 rings (SSSR count). The first-order chi connectivity index (χ1) is 16.3. The number of rotatable bonds is 10. The van der Waals surface area contributed by atoms with Crippen molar-refractivity contribution in [2.75, 3.05) is 6.61 Å². The Labute approximate surface area is 200 Å². The SMILES string of the molecule is Cc1ccccc1OCC(=O)N(Cc1ccccc1F)C(Cc1ccccc1)C(=O)NC(C)C. The number of amides is 2. The van der Waals surface area contributed by atoms with E-state index in [2.05, 4.69) is 5.32 Å². The van der Waals surface area contributed by atoms with Gasteiger partial charge in [-0.1, -0.05) is 66.7 Å². The lowest BCUT2D eigenvalue weighted by atomic mass is 10.0. The minimum atomic E-state index is -0.836. The number of carbonyl (C=O) groups excluding carboxylic acids is 2. The highest BCUT2D eigenvalue weighted by Gasteiger charge is 2.31. The summed E-state index contributed by atoms with van der Waals surface area (Å²) in [6.07, 6.45) is 0.296. The first kappa shape index (κ1) is 25.0. The van der Waals surface area contributed by atoms with Crippen molar-refractivity contribution in [2.24, 2.45) is 0 Å². The molecule has 0 fully saturated rings. The Bertz CT molecular complexity index is 1100. The third-order valence-electron chi connectivity index (χ3n) is 5.45. The average Bonchev–Trinajstić information content (AvgIpc) is 2.82. The lowest BCUT2D eigenvalue weighted by Crippen LogP contribution is -2.53. The highest BCUT2D eigenvalue weighted by Crippen LogP contribution is 2.19. The van der Waals surface area contributed by atoms with Crippen molar-refractivity contribution in [3.8, 4) is 5.75 Å². The van der Waals surface area contributed by atoms with E-state index in [4.69, 9.17) is 4.74 Å². The molecule has 3 aromatic rings. The van der Waals surface area contributed by atoms with Gasteiger partial charge in [0, 0.05) is 24.6 Å². The van der Waals surface area contributed by atoms with Crippen molar-refractivity contribution in [1.82, 2.24) is 10.2 Å². The van der Waals surface area contributed by atoms with E-state index in [1.807, 2.05) is 69.3 Å². The van der Waals surface area contributed by atoms with Crippen LogP contribution in [0.4, 0.5) is 4.39 Å². The van der Waals surface area contributed by atoms with Crippen LogP contribution in [0.3, 0.4) is 0 Å². The number of nitrogens with one attached hydrogen (secondary N) is 1. The summed E-state index contributed by atoms with van der Waals surface area (Å²) in [6, 6.07) is 22.2. The van der Waals surface area contributed by atoms with E-state index in [0.29, 0.717) is 17.7 Å². The first-order valence-corrected chi connectivity index (χ1v) is 11.4. The number of para-hydroxylation sites is 1. The molecule has 0 heterocycles. The molecule has 1 atom stereocenters. The van der Waals surface area contributed by atoms with Crippen molar-refractivity contribution in [1.29, 1.82) is 0 Å². The van der Waals surface area contributed by atoms with Crippen molar-refractivity contribution < 1.29 is 18.7 Å². The second-order valence-electron chi connectivity index (χ2n) is 8.54.